The maximum absolute atomic E-state index is 12.0. The number of nitrogens with one attached hydrogen (secondary N) is 2. The summed E-state index contributed by atoms with van der Waals surface area (Å²) in [4.78, 5) is 14.2. The van der Waals surface area contributed by atoms with Gasteiger partial charge in [0.05, 0.1) is 6.61 Å². The summed E-state index contributed by atoms with van der Waals surface area (Å²) < 4.78 is 11.1. The molecule has 0 aliphatic heterocycles. The summed E-state index contributed by atoms with van der Waals surface area (Å²) in [7, 11) is 0. The van der Waals surface area contributed by atoms with Crippen LogP contribution in [0.15, 0.2) is 48.5 Å². The van der Waals surface area contributed by atoms with Gasteiger partial charge in [-0.15, -0.1) is 0 Å². The van der Waals surface area contributed by atoms with Crippen LogP contribution in [0.1, 0.15) is 20.8 Å². The third-order valence-electron chi connectivity index (χ3n) is 3.86. The third-order valence-corrected chi connectivity index (χ3v) is 3.86. The Morgan fingerprint density at radius 3 is 2.12 bits per heavy atom. The molecule has 0 unspecified atom stereocenters. The summed E-state index contributed by atoms with van der Waals surface area (Å²) >= 11 is 0. The number of rotatable bonds is 9. The minimum Gasteiger partial charge on any atom is -0.490 e. The van der Waals surface area contributed by atoms with Crippen LogP contribution in [0.2, 0.25) is 0 Å². The molecule has 0 fully saturated rings. The molecule has 0 aliphatic carbocycles. The van der Waals surface area contributed by atoms with E-state index in [9.17, 15) is 4.79 Å². The molecule has 2 rings (SSSR count). The molecule has 0 saturated heterocycles. The molecule has 26 heavy (non-hydrogen) atoms. The minimum absolute atomic E-state index is 0.0491. The highest BCUT2D eigenvalue weighted by Crippen LogP contribution is 2.26. The third kappa shape index (κ3) is 5.58. The van der Waals surface area contributed by atoms with E-state index in [1.807, 2.05) is 49.4 Å². The summed E-state index contributed by atoms with van der Waals surface area (Å²) in [6.45, 7) is 8.65. The number of ether oxygens (including phenoxy) is 2. The average molecular weight is 357 g/mol. The van der Waals surface area contributed by atoms with E-state index in [0.717, 1.165) is 24.5 Å². The second-order valence-electron chi connectivity index (χ2n) is 5.52. The zero-order chi connectivity index (χ0) is 18.8. The number of hydrogen-bond acceptors (Lipinski definition) is 4. The first kappa shape index (κ1) is 19.4. The van der Waals surface area contributed by atoms with Gasteiger partial charge in [0, 0.05) is 24.5 Å². The molecule has 6 heteroatoms. The number of urea groups is 1. The Kier molecular flexibility index (Phi) is 7.61. The fourth-order valence-electron chi connectivity index (χ4n) is 2.54. The van der Waals surface area contributed by atoms with Gasteiger partial charge >= 0.3 is 6.03 Å². The normalized spacial score (nSPS) is 10.1. The van der Waals surface area contributed by atoms with Crippen molar-refractivity contribution in [3.05, 3.63) is 48.5 Å². The maximum atomic E-state index is 12.0. The molecule has 140 valence electrons. The lowest BCUT2D eigenvalue weighted by Gasteiger charge is -2.21. The van der Waals surface area contributed by atoms with Crippen molar-refractivity contribution < 1.29 is 14.3 Å². The number of amides is 2. The Hall–Kier alpha value is -2.89. The van der Waals surface area contributed by atoms with E-state index < -0.39 is 0 Å². The van der Waals surface area contributed by atoms with E-state index >= 15 is 0 Å². The Morgan fingerprint density at radius 1 is 0.923 bits per heavy atom. The van der Waals surface area contributed by atoms with Crippen LogP contribution in [0.3, 0.4) is 0 Å². The topological polar surface area (TPSA) is 62.8 Å². The fraction of sp³-hybridized carbons (Fsp3) is 0.350. The molecule has 2 amide bonds. The Morgan fingerprint density at radius 2 is 1.54 bits per heavy atom. The van der Waals surface area contributed by atoms with Crippen LogP contribution in [0.5, 0.6) is 11.5 Å². The number of nitrogens with zero attached hydrogens (tertiary/aromatic N) is 1. The number of anilines is 2. The molecular weight excluding hydrogens is 330 g/mol. The molecule has 2 aromatic carbocycles. The predicted molar refractivity (Wildman–Crippen MR) is 105 cm³/mol. The van der Waals surface area contributed by atoms with Gasteiger partial charge in [-0.2, -0.15) is 0 Å². The molecule has 0 atom stereocenters. The van der Waals surface area contributed by atoms with E-state index in [0.29, 0.717) is 18.1 Å². The summed E-state index contributed by atoms with van der Waals surface area (Å²) in [6.07, 6.45) is 0. The first-order valence-electron chi connectivity index (χ1n) is 8.92. The number of carbonyl (C=O) groups excluding carboxylic acids is 1. The molecule has 2 N–H and O–H groups in total. The van der Waals surface area contributed by atoms with Crippen LogP contribution < -0.4 is 25.0 Å². The van der Waals surface area contributed by atoms with E-state index in [2.05, 4.69) is 29.4 Å². The van der Waals surface area contributed by atoms with Crippen molar-refractivity contribution in [2.45, 2.75) is 20.8 Å². The summed E-state index contributed by atoms with van der Waals surface area (Å²) in [5.41, 5.74) is 1.87. The number of hydrogen-bond donors (Lipinski definition) is 2. The summed E-state index contributed by atoms with van der Waals surface area (Å²) in [5, 5.41) is 5.46. The fourth-order valence-corrected chi connectivity index (χ4v) is 2.54. The lowest BCUT2D eigenvalue weighted by atomic mass is 10.2. The molecule has 0 aromatic heterocycles. The summed E-state index contributed by atoms with van der Waals surface area (Å²) in [6, 6.07) is 14.8. The molecule has 2 aromatic rings. The largest absolute Gasteiger partial charge is 0.490 e. The van der Waals surface area contributed by atoms with Gasteiger partial charge in [-0.3, -0.25) is 0 Å². The highest BCUT2D eigenvalue weighted by molar-refractivity contribution is 5.89. The van der Waals surface area contributed by atoms with Crippen molar-refractivity contribution in [2.24, 2.45) is 0 Å². The standard InChI is InChI=1S/C20H27N3O3/c1-4-23(5-2)17-13-11-16(12-14-17)22-20(24)21-15-26-19-10-8-7-9-18(19)25-6-3/h7-14H,4-6,15H2,1-3H3,(H2,21,22,24). The number of benzene rings is 2. The van der Waals surface area contributed by atoms with Crippen molar-refractivity contribution in [1.29, 1.82) is 0 Å². The van der Waals surface area contributed by atoms with Gasteiger partial charge in [0.15, 0.2) is 18.2 Å². The highest BCUT2D eigenvalue weighted by atomic mass is 16.5. The van der Waals surface area contributed by atoms with Crippen LogP contribution in [0.25, 0.3) is 0 Å². The average Bonchev–Trinajstić information content (AvgIpc) is 2.66. The van der Waals surface area contributed by atoms with Gasteiger partial charge in [0.2, 0.25) is 0 Å². The Balaban J connectivity index is 1.82. The zero-order valence-corrected chi connectivity index (χ0v) is 15.6. The van der Waals surface area contributed by atoms with Crippen LogP contribution in [-0.4, -0.2) is 32.5 Å². The second kappa shape index (κ2) is 10.2. The quantitative estimate of drug-likeness (QED) is 0.664. The number of carbonyl (C=O) groups is 1. The molecule has 0 spiro atoms. The van der Waals surface area contributed by atoms with Gasteiger partial charge in [0.1, 0.15) is 0 Å². The van der Waals surface area contributed by atoms with Crippen molar-refractivity contribution in [2.75, 3.05) is 36.6 Å². The molecule has 0 radical (unpaired) electrons. The van der Waals surface area contributed by atoms with Crippen LogP contribution in [0, 0.1) is 0 Å². The molecule has 0 saturated carbocycles. The lowest BCUT2D eigenvalue weighted by molar-refractivity contribution is 0.229. The monoisotopic (exact) mass is 357 g/mol. The van der Waals surface area contributed by atoms with Crippen LogP contribution in [0.4, 0.5) is 16.2 Å². The van der Waals surface area contributed by atoms with Gasteiger partial charge in [0.25, 0.3) is 0 Å². The molecule has 6 nitrogen and oxygen atoms in total. The second-order valence-corrected chi connectivity index (χ2v) is 5.52. The number of para-hydroxylation sites is 2. The lowest BCUT2D eigenvalue weighted by Crippen LogP contribution is -2.32. The maximum Gasteiger partial charge on any atom is 0.321 e. The predicted octanol–water partition coefficient (Wildman–Crippen LogP) is 4.09. The molecule has 0 aliphatic rings. The zero-order valence-electron chi connectivity index (χ0n) is 15.6. The molecule has 0 heterocycles. The summed E-state index contributed by atoms with van der Waals surface area (Å²) in [5.74, 6) is 1.25. The van der Waals surface area contributed by atoms with Crippen LogP contribution in [-0.2, 0) is 0 Å². The SMILES string of the molecule is CCOc1ccccc1OCNC(=O)Nc1ccc(N(CC)CC)cc1. The van der Waals surface area contributed by atoms with Crippen LogP contribution >= 0.6 is 0 Å². The highest BCUT2D eigenvalue weighted by Gasteiger charge is 2.06. The van der Waals surface area contributed by atoms with Crippen molar-refractivity contribution >= 4 is 17.4 Å². The molecule has 0 bridgehead atoms. The van der Waals surface area contributed by atoms with Crippen molar-refractivity contribution in [1.82, 2.24) is 5.32 Å². The smallest absolute Gasteiger partial charge is 0.321 e. The first-order chi connectivity index (χ1) is 12.7. The minimum atomic E-state index is -0.325. The van der Waals surface area contributed by atoms with E-state index in [1.54, 1.807) is 6.07 Å². The van der Waals surface area contributed by atoms with Crippen molar-refractivity contribution in [3.63, 3.8) is 0 Å². The first-order valence-corrected chi connectivity index (χ1v) is 8.92. The molecular formula is C20H27N3O3. The van der Waals surface area contributed by atoms with E-state index in [4.69, 9.17) is 9.47 Å². The van der Waals surface area contributed by atoms with Gasteiger partial charge in [-0.25, -0.2) is 4.79 Å². The van der Waals surface area contributed by atoms with Gasteiger partial charge in [-0.05, 0) is 57.2 Å². The van der Waals surface area contributed by atoms with E-state index in [-0.39, 0.29) is 12.8 Å². The van der Waals surface area contributed by atoms with Gasteiger partial charge < -0.3 is 25.0 Å². The van der Waals surface area contributed by atoms with Crippen molar-refractivity contribution in [3.8, 4) is 11.5 Å². The Bertz CT molecular complexity index is 685. The van der Waals surface area contributed by atoms with Gasteiger partial charge in [-0.1, -0.05) is 12.1 Å². The Labute approximate surface area is 155 Å². The van der Waals surface area contributed by atoms with E-state index in [1.165, 1.54) is 0 Å².